The lowest BCUT2D eigenvalue weighted by Gasteiger charge is -2.36. The van der Waals surface area contributed by atoms with E-state index >= 15 is 0 Å². The number of rotatable bonds is 8. The van der Waals surface area contributed by atoms with Crippen LogP contribution in [0, 0.1) is 23.2 Å². The molecule has 21 heavy (non-hydrogen) atoms. The molecule has 4 atom stereocenters. The van der Waals surface area contributed by atoms with Gasteiger partial charge < -0.3 is 0 Å². The van der Waals surface area contributed by atoms with Gasteiger partial charge in [0.05, 0.1) is 19.6 Å². The van der Waals surface area contributed by atoms with Crippen LogP contribution in [-0.2, 0) is 14.4 Å². The molecule has 0 spiro atoms. The van der Waals surface area contributed by atoms with Gasteiger partial charge in [-0.15, -0.1) is 0 Å². The maximum absolute atomic E-state index is 10.5. The van der Waals surface area contributed by atoms with Crippen LogP contribution in [-0.4, -0.2) is 37.9 Å². The van der Waals surface area contributed by atoms with Gasteiger partial charge in [-0.2, -0.15) is 0 Å². The minimum Gasteiger partial charge on any atom is -0.211 e. The van der Waals surface area contributed by atoms with Crippen LogP contribution in [0.2, 0.25) is 0 Å². The van der Waals surface area contributed by atoms with Crippen molar-refractivity contribution >= 4 is 18.2 Å². The van der Waals surface area contributed by atoms with E-state index < -0.39 is 0 Å². The number of hydrogen-bond donors (Lipinski definition) is 0. The molecule has 6 heteroatoms. The fourth-order valence-electron chi connectivity index (χ4n) is 4.39. The van der Waals surface area contributed by atoms with Crippen molar-refractivity contribution in [3.05, 3.63) is 0 Å². The van der Waals surface area contributed by atoms with Crippen LogP contribution in [0.1, 0.15) is 32.1 Å². The highest BCUT2D eigenvalue weighted by Crippen LogP contribution is 2.61. The molecule has 6 nitrogen and oxygen atoms in total. The fraction of sp³-hybridized carbons (Fsp3) is 0.800. The van der Waals surface area contributed by atoms with E-state index in [-0.39, 0.29) is 5.41 Å². The standard InChI is InChI=1S/C15H19N3O3/c19-9-16-3-1-2-14-4-12-5-15(14,8-18-11-21)6-13(12)7-17-10-20/h12-14H,1-8H2. The Bertz CT molecular complexity index is 516. The van der Waals surface area contributed by atoms with Crippen molar-refractivity contribution in [3.63, 3.8) is 0 Å². The zero-order valence-corrected chi connectivity index (χ0v) is 12.0. The van der Waals surface area contributed by atoms with Crippen molar-refractivity contribution < 1.29 is 14.4 Å². The molecule has 0 aliphatic heterocycles. The summed E-state index contributed by atoms with van der Waals surface area (Å²) in [5, 5.41) is 0. The van der Waals surface area contributed by atoms with Crippen molar-refractivity contribution in [1.82, 2.24) is 0 Å². The topological polar surface area (TPSA) is 88.3 Å². The summed E-state index contributed by atoms with van der Waals surface area (Å²) in [4.78, 5) is 42.0. The van der Waals surface area contributed by atoms with E-state index in [0.717, 1.165) is 32.1 Å². The third kappa shape index (κ3) is 3.43. The molecular formula is C15H19N3O3. The molecule has 2 fully saturated rings. The molecule has 2 rings (SSSR count). The molecule has 0 aromatic heterocycles. The largest absolute Gasteiger partial charge is 0.234 e. The predicted molar refractivity (Wildman–Crippen MR) is 75.0 cm³/mol. The molecule has 2 aliphatic carbocycles. The smallest absolute Gasteiger partial charge is 0.211 e. The Labute approximate surface area is 123 Å². The normalized spacial score (nSPS) is 32.9. The van der Waals surface area contributed by atoms with Gasteiger partial charge in [-0.1, -0.05) is 0 Å². The summed E-state index contributed by atoms with van der Waals surface area (Å²) in [6, 6.07) is 0. The van der Waals surface area contributed by atoms with Gasteiger partial charge in [-0.05, 0) is 55.3 Å². The van der Waals surface area contributed by atoms with Crippen molar-refractivity contribution in [3.8, 4) is 0 Å². The average molecular weight is 289 g/mol. The Morgan fingerprint density at radius 3 is 2.48 bits per heavy atom. The average Bonchev–Trinajstić information content (AvgIpc) is 3.02. The number of nitrogens with zero attached hydrogens (tertiary/aromatic N) is 3. The Hall–Kier alpha value is -1.86. The van der Waals surface area contributed by atoms with Crippen LogP contribution in [0.3, 0.4) is 0 Å². The van der Waals surface area contributed by atoms with E-state index in [4.69, 9.17) is 0 Å². The lowest BCUT2D eigenvalue weighted by Crippen LogP contribution is -2.32. The monoisotopic (exact) mass is 289 g/mol. The molecule has 0 aromatic rings. The number of isocyanates is 3. The van der Waals surface area contributed by atoms with Crippen molar-refractivity contribution in [2.75, 3.05) is 19.6 Å². The molecule has 0 radical (unpaired) electrons. The van der Waals surface area contributed by atoms with Gasteiger partial charge in [-0.3, -0.25) is 0 Å². The van der Waals surface area contributed by atoms with Gasteiger partial charge in [0.15, 0.2) is 0 Å². The van der Waals surface area contributed by atoms with E-state index in [9.17, 15) is 14.4 Å². The van der Waals surface area contributed by atoms with Crippen LogP contribution >= 0.6 is 0 Å². The second-order valence-electron chi connectivity index (χ2n) is 6.18. The summed E-state index contributed by atoms with van der Waals surface area (Å²) < 4.78 is 0. The summed E-state index contributed by atoms with van der Waals surface area (Å²) in [6.45, 7) is 1.55. The highest BCUT2D eigenvalue weighted by Gasteiger charge is 2.55. The highest BCUT2D eigenvalue weighted by atomic mass is 16.1. The SMILES string of the molecule is O=C=NCCCC1CC2CC1(CN=C=O)CC2CN=C=O. The minimum atomic E-state index is 0.0377. The van der Waals surface area contributed by atoms with Crippen LogP contribution < -0.4 is 0 Å². The van der Waals surface area contributed by atoms with E-state index in [1.807, 2.05) is 0 Å². The molecule has 2 saturated carbocycles. The predicted octanol–water partition coefficient (Wildman–Crippen LogP) is 1.81. The van der Waals surface area contributed by atoms with Gasteiger partial charge in [0.1, 0.15) is 0 Å². The second kappa shape index (κ2) is 7.24. The minimum absolute atomic E-state index is 0.0377. The van der Waals surface area contributed by atoms with E-state index in [2.05, 4.69) is 15.0 Å². The van der Waals surface area contributed by atoms with E-state index in [0.29, 0.717) is 37.4 Å². The third-order valence-corrected chi connectivity index (χ3v) is 5.19. The van der Waals surface area contributed by atoms with Crippen molar-refractivity contribution in [2.45, 2.75) is 32.1 Å². The van der Waals surface area contributed by atoms with Gasteiger partial charge in [-0.25, -0.2) is 29.4 Å². The molecule has 0 amide bonds. The third-order valence-electron chi connectivity index (χ3n) is 5.19. The summed E-state index contributed by atoms with van der Waals surface area (Å²) in [5.74, 6) is 1.44. The van der Waals surface area contributed by atoms with Crippen LogP contribution in [0.15, 0.2) is 15.0 Å². The van der Waals surface area contributed by atoms with Gasteiger partial charge in [0, 0.05) is 0 Å². The number of fused-ring (bicyclic) bond motifs is 2. The van der Waals surface area contributed by atoms with Crippen molar-refractivity contribution in [2.24, 2.45) is 38.1 Å². The molecule has 2 aliphatic rings. The Morgan fingerprint density at radius 1 is 1.00 bits per heavy atom. The van der Waals surface area contributed by atoms with Crippen molar-refractivity contribution in [1.29, 1.82) is 0 Å². The van der Waals surface area contributed by atoms with Crippen LogP contribution in [0.4, 0.5) is 0 Å². The Kier molecular flexibility index (Phi) is 5.35. The lowest BCUT2D eigenvalue weighted by atomic mass is 9.70. The fourth-order valence-corrected chi connectivity index (χ4v) is 4.39. The first kappa shape index (κ1) is 15.5. The molecule has 2 bridgehead atoms. The van der Waals surface area contributed by atoms with E-state index in [1.165, 1.54) is 0 Å². The first-order chi connectivity index (χ1) is 10.3. The quantitative estimate of drug-likeness (QED) is 0.388. The van der Waals surface area contributed by atoms with Gasteiger partial charge in [0.25, 0.3) is 0 Å². The Morgan fingerprint density at radius 2 is 1.76 bits per heavy atom. The first-order valence-corrected chi connectivity index (χ1v) is 7.36. The maximum Gasteiger partial charge on any atom is 0.234 e. The van der Waals surface area contributed by atoms with Gasteiger partial charge >= 0.3 is 0 Å². The molecule has 0 N–H and O–H groups in total. The summed E-state index contributed by atoms with van der Waals surface area (Å²) in [7, 11) is 0. The lowest BCUT2D eigenvalue weighted by molar-refractivity contribution is 0.151. The summed E-state index contributed by atoms with van der Waals surface area (Å²) in [5.41, 5.74) is 0.0377. The zero-order valence-electron chi connectivity index (χ0n) is 12.0. The second-order valence-corrected chi connectivity index (χ2v) is 6.18. The maximum atomic E-state index is 10.5. The molecule has 0 aromatic carbocycles. The highest BCUT2D eigenvalue weighted by molar-refractivity contribution is 5.34. The van der Waals surface area contributed by atoms with Crippen LogP contribution in [0.25, 0.3) is 0 Å². The molecular weight excluding hydrogens is 270 g/mol. The number of aliphatic imine (C=N–C) groups is 3. The number of carbonyl (C=O) groups excluding carboxylic acids is 3. The first-order valence-electron chi connectivity index (χ1n) is 7.36. The molecule has 4 unspecified atom stereocenters. The molecule has 0 saturated heterocycles. The zero-order chi connectivity index (χ0) is 15.1. The molecule has 0 heterocycles. The molecule has 112 valence electrons. The van der Waals surface area contributed by atoms with E-state index in [1.54, 1.807) is 18.2 Å². The Balaban J connectivity index is 2.01. The summed E-state index contributed by atoms with van der Waals surface area (Å²) in [6.07, 6.45) is 9.73. The van der Waals surface area contributed by atoms with Crippen LogP contribution in [0.5, 0.6) is 0 Å². The number of hydrogen-bond acceptors (Lipinski definition) is 6. The van der Waals surface area contributed by atoms with Gasteiger partial charge in [0.2, 0.25) is 18.2 Å². The summed E-state index contributed by atoms with van der Waals surface area (Å²) >= 11 is 0.